The van der Waals surface area contributed by atoms with Crippen molar-refractivity contribution in [3.05, 3.63) is 34.2 Å². The van der Waals surface area contributed by atoms with Crippen LogP contribution in [0.2, 0.25) is 0 Å². The number of aromatic amines is 1. The van der Waals surface area contributed by atoms with Gasteiger partial charge in [0.15, 0.2) is 0 Å². The van der Waals surface area contributed by atoms with E-state index in [1.54, 1.807) is 12.3 Å². The van der Waals surface area contributed by atoms with E-state index < -0.39 is 0 Å². The van der Waals surface area contributed by atoms with Crippen LogP contribution in [0.15, 0.2) is 23.1 Å². The molecule has 4 N–H and O–H groups in total. The lowest BCUT2D eigenvalue weighted by atomic mass is 10.00. The molecule has 1 heterocycles. The molecule has 0 aliphatic heterocycles. The van der Waals surface area contributed by atoms with E-state index in [4.69, 9.17) is 5.73 Å². The summed E-state index contributed by atoms with van der Waals surface area (Å²) in [7, 11) is 0. The minimum absolute atomic E-state index is 0. The number of amides is 1. The van der Waals surface area contributed by atoms with Crippen molar-refractivity contribution in [3.63, 3.8) is 0 Å². The van der Waals surface area contributed by atoms with Gasteiger partial charge < -0.3 is 16.0 Å². The number of carbonyl (C=O) groups excluding carboxylic acids is 1. The lowest BCUT2D eigenvalue weighted by Crippen LogP contribution is -2.31. The fourth-order valence-corrected chi connectivity index (χ4v) is 2.38. The zero-order valence-corrected chi connectivity index (χ0v) is 12.8. The maximum atomic E-state index is 11.7. The minimum atomic E-state index is -0.137. The lowest BCUT2D eigenvalue weighted by molar-refractivity contribution is -0.122. The molecule has 1 amide bonds. The van der Waals surface area contributed by atoms with Gasteiger partial charge in [-0.05, 0) is 24.3 Å². The molecule has 2 rings (SSSR count). The average molecular weight is 322 g/mol. The Hall–Kier alpha value is -1.04. The fraction of sp³-hybridized carbons (Fsp3) is 0.538. The Balaban J connectivity index is 0.00000180. The van der Waals surface area contributed by atoms with Gasteiger partial charge in [0.05, 0.1) is 0 Å². The summed E-state index contributed by atoms with van der Waals surface area (Å²) in [5, 5.41) is 2.85. The van der Waals surface area contributed by atoms with E-state index in [0.717, 1.165) is 24.8 Å². The van der Waals surface area contributed by atoms with Crippen LogP contribution in [0.25, 0.3) is 0 Å². The normalized spacial score (nSPS) is 20.6. The summed E-state index contributed by atoms with van der Waals surface area (Å²) in [6.45, 7) is 0.442. The summed E-state index contributed by atoms with van der Waals surface area (Å²) in [5.74, 6) is 0.351. The summed E-state index contributed by atoms with van der Waals surface area (Å²) in [5.41, 5.74) is 6.68. The molecule has 0 bridgehead atoms. The van der Waals surface area contributed by atoms with E-state index >= 15 is 0 Å². The molecule has 1 saturated carbocycles. The summed E-state index contributed by atoms with van der Waals surface area (Å²) in [4.78, 5) is 25.2. The number of carbonyl (C=O) groups is 1. The van der Waals surface area contributed by atoms with Crippen LogP contribution in [0.5, 0.6) is 0 Å². The number of aromatic nitrogens is 1. The van der Waals surface area contributed by atoms with Crippen molar-refractivity contribution in [3.8, 4) is 0 Å². The molecule has 20 heavy (non-hydrogen) atoms. The first-order chi connectivity index (χ1) is 8.65. The van der Waals surface area contributed by atoms with E-state index in [1.165, 1.54) is 6.07 Å². The Morgan fingerprint density at radius 2 is 2.10 bits per heavy atom. The summed E-state index contributed by atoms with van der Waals surface area (Å²) >= 11 is 0. The van der Waals surface area contributed by atoms with Gasteiger partial charge >= 0.3 is 0 Å². The third kappa shape index (κ3) is 5.53. The first kappa shape index (κ1) is 19.0. The van der Waals surface area contributed by atoms with Gasteiger partial charge in [0.1, 0.15) is 0 Å². The molecule has 5 nitrogen and oxygen atoms in total. The molecule has 7 heteroatoms. The topological polar surface area (TPSA) is 88.0 Å². The number of hydrogen-bond acceptors (Lipinski definition) is 3. The van der Waals surface area contributed by atoms with Crippen LogP contribution in [0.4, 0.5) is 0 Å². The number of rotatable bonds is 4. The first-order valence-corrected chi connectivity index (χ1v) is 6.35. The number of H-pyrrole nitrogens is 1. The maximum absolute atomic E-state index is 11.7. The van der Waals surface area contributed by atoms with Gasteiger partial charge in [-0.15, -0.1) is 24.8 Å². The zero-order valence-electron chi connectivity index (χ0n) is 11.1. The molecular formula is C13H21Cl2N3O2. The number of pyridine rings is 1. The second-order valence-corrected chi connectivity index (χ2v) is 4.90. The molecule has 1 aliphatic carbocycles. The number of halogens is 2. The van der Waals surface area contributed by atoms with Crippen molar-refractivity contribution in [1.82, 2.24) is 10.3 Å². The van der Waals surface area contributed by atoms with E-state index in [2.05, 4.69) is 10.3 Å². The highest BCUT2D eigenvalue weighted by Gasteiger charge is 2.25. The first-order valence-electron chi connectivity index (χ1n) is 6.35. The van der Waals surface area contributed by atoms with E-state index in [-0.39, 0.29) is 42.3 Å². The average Bonchev–Trinajstić information content (AvgIpc) is 2.74. The van der Waals surface area contributed by atoms with Crippen LogP contribution < -0.4 is 16.6 Å². The van der Waals surface area contributed by atoms with Crippen molar-refractivity contribution >= 4 is 30.7 Å². The number of nitrogens with two attached hydrogens (primary N) is 1. The van der Waals surface area contributed by atoms with Gasteiger partial charge in [0.2, 0.25) is 11.5 Å². The second kappa shape index (κ2) is 9.00. The zero-order chi connectivity index (χ0) is 13.0. The molecule has 0 unspecified atom stereocenters. The molecular weight excluding hydrogens is 301 g/mol. The quantitative estimate of drug-likeness (QED) is 0.782. The van der Waals surface area contributed by atoms with Crippen LogP contribution >= 0.6 is 24.8 Å². The van der Waals surface area contributed by atoms with Gasteiger partial charge in [-0.1, -0.05) is 12.5 Å². The van der Waals surface area contributed by atoms with Crippen LogP contribution in [0, 0.1) is 5.92 Å². The van der Waals surface area contributed by atoms with Gasteiger partial charge in [0.25, 0.3) is 0 Å². The van der Waals surface area contributed by atoms with Crippen molar-refractivity contribution in [2.24, 2.45) is 11.7 Å². The van der Waals surface area contributed by atoms with Crippen molar-refractivity contribution < 1.29 is 4.79 Å². The Kier molecular flexibility index (Phi) is 8.53. The maximum Gasteiger partial charge on any atom is 0.247 e. The summed E-state index contributed by atoms with van der Waals surface area (Å²) in [6.07, 6.45) is 5.32. The van der Waals surface area contributed by atoms with Crippen molar-refractivity contribution in [1.29, 1.82) is 0 Å². The van der Waals surface area contributed by atoms with E-state index in [0.29, 0.717) is 18.9 Å². The standard InChI is InChI=1S/C13H19N3O2.2ClH/c14-11-3-1-2-10(11)6-13(18)16-8-9-4-5-12(17)15-7-9;;/h4-5,7,10-11H,1-3,6,8,14H2,(H,15,17)(H,16,18);2*1H/t10-,11+;;/m0../s1. The SMILES string of the molecule is Cl.Cl.N[C@@H]1CCC[C@H]1CC(=O)NCc1ccc(=O)[nH]c1. The third-order valence-electron chi connectivity index (χ3n) is 3.50. The fourth-order valence-electron chi connectivity index (χ4n) is 2.38. The van der Waals surface area contributed by atoms with Crippen LogP contribution in [-0.4, -0.2) is 16.9 Å². The molecule has 114 valence electrons. The Labute approximate surface area is 130 Å². The molecule has 0 spiro atoms. The lowest BCUT2D eigenvalue weighted by Gasteiger charge is -2.14. The Morgan fingerprint density at radius 3 is 2.65 bits per heavy atom. The highest BCUT2D eigenvalue weighted by molar-refractivity contribution is 5.85. The molecule has 0 radical (unpaired) electrons. The molecule has 1 fully saturated rings. The van der Waals surface area contributed by atoms with Gasteiger partial charge in [-0.3, -0.25) is 9.59 Å². The number of nitrogens with one attached hydrogen (secondary N) is 2. The highest BCUT2D eigenvalue weighted by atomic mass is 35.5. The van der Waals surface area contributed by atoms with E-state index in [9.17, 15) is 9.59 Å². The third-order valence-corrected chi connectivity index (χ3v) is 3.50. The van der Waals surface area contributed by atoms with Gasteiger partial charge in [0, 0.05) is 31.3 Å². The second-order valence-electron chi connectivity index (χ2n) is 4.90. The van der Waals surface area contributed by atoms with Crippen LogP contribution in [0.3, 0.4) is 0 Å². The van der Waals surface area contributed by atoms with Crippen molar-refractivity contribution in [2.45, 2.75) is 38.3 Å². The van der Waals surface area contributed by atoms with Crippen LogP contribution in [0.1, 0.15) is 31.2 Å². The molecule has 1 aliphatic rings. The highest BCUT2D eigenvalue weighted by Crippen LogP contribution is 2.26. The minimum Gasteiger partial charge on any atom is -0.352 e. The number of hydrogen-bond donors (Lipinski definition) is 3. The van der Waals surface area contributed by atoms with Crippen molar-refractivity contribution in [2.75, 3.05) is 0 Å². The predicted molar refractivity (Wildman–Crippen MR) is 83.3 cm³/mol. The predicted octanol–water partition coefficient (Wildman–Crippen LogP) is 1.35. The Morgan fingerprint density at radius 1 is 1.35 bits per heavy atom. The summed E-state index contributed by atoms with van der Waals surface area (Å²) in [6, 6.07) is 3.33. The Bertz CT molecular complexity index is 458. The molecule has 1 aromatic heterocycles. The molecule has 0 saturated heterocycles. The van der Waals surface area contributed by atoms with Gasteiger partial charge in [-0.25, -0.2) is 0 Å². The molecule has 2 atom stereocenters. The van der Waals surface area contributed by atoms with Crippen LogP contribution in [-0.2, 0) is 11.3 Å². The smallest absolute Gasteiger partial charge is 0.247 e. The van der Waals surface area contributed by atoms with Gasteiger partial charge in [-0.2, -0.15) is 0 Å². The largest absolute Gasteiger partial charge is 0.352 e. The summed E-state index contributed by atoms with van der Waals surface area (Å²) < 4.78 is 0. The molecule has 0 aromatic carbocycles. The van der Waals surface area contributed by atoms with E-state index in [1.807, 2.05) is 0 Å². The molecule has 1 aromatic rings. The monoisotopic (exact) mass is 321 g/mol.